The Morgan fingerprint density at radius 3 is 2.88 bits per heavy atom. The molecule has 0 aliphatic rings. The number of hydrogen-bond donors (Lipinski definition) is 0. The van der Waals surface area contributed by atoms with Crippen molar-refractivity contribution in [1.82, 2.24) is 19.7 Å². The fraction of sp³-hybridized carbons (Fsp3) is 0.182. The lowest BCUT2D eigenvalue weighted by molar-refractivity contribution is 0.489. The molecule has 0 fully saturated rings. The third-order valence-electron chi connectivity index (χ3n) is 2.34. The minimum absolute atomic E-state index is 0.711. The lowest BCUT2D eigenvalue weighted by atomic mass is 10.3. The van der Waals surface area contributed by atoms with Gasteiger partial charge in [0.25, 0.3) is 5.22 Å². The second kappa shape index (κ2) is 4.21. The summed E-state index contributed by atoms with van der Waals surface area (Å²) in [5, 5.41) is 8.26. The molecular weight excluding hydrogens is 236 g/mol. The van der Waals surface area contributed by atoms with Crippen molar-refractivity contribution in [3.8, 4) is 5.69 Å². The molecule has 86 valence electrons. The highest BCUT2D eigenvalue weighted by molar-refractivity contribution is 7.99. The summed E-state index contributed by atoms with van der Waals surface area (Å²) in [6, 6.07) is 5.84. The Morgan fingerprint density at radius 2 is 2.12 bits per heavy atom. The summed E-state index contributed by atoms with van der Waals surface area (Å²) < 4.78 is 7.47. The maximum absolute atomic E-state index is 5.64. The first kappa shape index (κ1) is 10.3. The molecule has 0 atom stereocenters. The molecular formula is C11H10N4OS. The van der Waals surface area contributed by atoms with Crippen LogP contribution in [0, 0.1) is 0 Å². The van der Waals surface area contributed by atoms with E-state index in [4.69, 9.17) is 4.42 Å². The molecule has 0 bridgehead atoms. The molecule has 0 unspecified atom stereocenters. The molecule has 3 rings (SSSR count). The van der Waals surface area contributed by atoms with Crippen LogP contribution in [0.25, 0.3) is 16.8 Å². The van der Waals surface area contributed by atoms with Crippen LogP contribution in [0.5, 0.6) is 0 Å². The number of hydrogen-bond acceptors (Lipinski definition) is 5. The average Bonchev–Trinajstić information content (AvgIpc) is 2.96. The van der Waals surface area contributed by atoms with Gasteiger partial charge in [-0.2, -0.15) is 0 Å². The molecule has 2 heterocycles. The molecule has 0 saturated heterocycles. The second-order valence-corrected chi connectivity index (χ2v) is 4.65. The highest BCUT2D eigenvalue weighted by atomic mass is 32.2. The van der Waals surface area contributed by atoms with Crippen LogP contribution in [-0.4, -0.2) is 25.5 Å². The van der Waals surface area contributed by atoms with Gasteiger partial charge in [0, 0.05) is 6.07 Å². The van der Waals surface area contributed by atoms with Gasteiger partial charge in [0.1, 0.15) is 18.2 Å². The first-order valence-corrected chi connectivity index (χ1v) is 6.24. The quantitative estimate of drug-likeness (QED) is 0.665. The van der Waals surface area contributed by atoms with Crippen LogP contribution < -0.4 is 0 Å². The van der Waals surface area contributed by atoms with Crippen LogP contribution >= 0.6 is 11.8 Å². The van der Waals surface area contributed by atoms with Gasteiger partial charge in [0.05, 0.1) is 5.69 Å². The summed E-state index contributed by atoms with van der Waals surface area (Å²) in [6.07, 6.45) is 3.30. The van der Waals surface area contributed by atoms with Crippen molar-refractivity contribution < 1.29 is 4.42 Å². The largest absolute Gasteiger partial charge is 0.431 e. The molecule has 0 aliphatic carbocycles. The van der Waals surface area contributed by atoms with Crippen LogP contribution in [-0.2, 0) is 0 Å². The highest BCUT2D eigenvalue weighted by Gasteiger charge is 2.06. The van der Waals surface area contributed by atoms with Crippen LogP contribution in [0.2, 0.25) is 0 Å². The molecule has 0 saturated carbocycles. The molecule has 17 heavy (non-hydrogen) atoms. The normalized spacial score (nSPS) is 11.1. The molecule has 0 aliphatic heterocycles. The van der Waals surface area contributed by atoms with Gasteiger partial charge in [-0.1, -0.05) is 18.7 Å². The maximum Gasteiger partial charge on any atom is 0.256 e. The van der Waals surface area contributed by atoms with Crippen LogP contribution in [0.1, 0.15) is 6.92 Å². The number of nitrogens with zero attached hydrogens (tertiary/aromatic N) is 4. The van der Waals surface area contributed by atoms with E-state index in [1.807, 2.05) is 22.8 Å². The van der Waals surface area contributed by atoms with Crippen LogP contribution in [0.15, 0.2) is 40.5 Å². The van der Waals surface area contributed by atoms with E-state index in [1.165, 1.54) is 0 Å². The molecule has 0 amide bonds. The van der Waals surface area contributed by atoms with E-state index in [0.29, 0.717) is 5.22 Å². The van der Waals surface area contributed by atoms with E-state index in [2.05, 4.69) is 22.1 Å². The van der Waals surface area contributed by atoms with E-state index < -0.39 is 0 Å². The van der Waals surface area contributed by atoms with Gasteiger partial charge in [0.2, 0.25) is 0 Å². The van der Waals surface area contributed by atoms with E-state index in [1.54, 1.807) is 24.4 Å². The van der Waals surface area contributed by atoms with Gasteiger partial charge in [-0.25, -0.2) is 4.98 Å². The van der Waals surface area contributed by atoms with E-state index in [-0.39, 0.29) is 0 Å². The van der Waals surface area contributed by atoms with E-state index in [9.17, 15) is 0 Å². The number of thioether (sulfide) groups is 1. The standard InChI is InChI=1S/C11H10N4OS/c1-2-17-11-14-9-4-3-8(5-10(9)16-11)15-6-12-13-7-15/h3-7H,2H2,1H3. The summed E-state index contributed by atoms with van der Waals surface area (Å²) in [7, 11) is 0. The Hall–Kier alpha value is -1.82. The van der Waals surface area contributed by atoms with Crippen molar-refractivity contribution in [1.29, 1.82) is 0 Å². The van der Waals surface area contributed by atoms with Gasteiger partial charge in [0.15, 0.2) is 5.58 Å². The van der Waals surface area contributed by atoms with Crippen molar-refractivity contribution in [2.75, 3.05) is 5.75 Å². The zero-order valence-corrected chi connectivity index (χ0v) is 10.0. The number of oxazole rings is 1. The fourth-order valence-corrected chi connectivity index (χ4v) is 2.13. The summed E-state index contributed by atoms with van der Waals surface area (Å²) in [4.78, 5) is 4.38. The smallest absolute Gasteiger partial charge is 0.256 e. The summed E-state index contributed by atoms with van der Waals surface area (Å²) in [5.41, 5.74) is 2.62. The molecule has 5 nitrogen and oxygen atoms in total. The molecule has 0 N–H and O–H groups in total. The van der Waals surface area contributed by atoms with Gasteiger partial charge >= 0.3 is 0 Å². The summed E-state index contributed by atoms with van der Waals surface area (Å²) in [5.74, 6) is 0.950. The minimum Gasteiger partial charge on any atom is -0.431 e. The topological polar surface area (TPSA) is 56.7 Å². The number of rotatable bonds is 3. The van der Waals surface area contributed by atoms with E-state index in [0.717, 1.165) is 22.5 Å². The highest BCUT2D eigenvalue weighted by Crippen LogP contribution is 2.24. The predicted molar refractivity (Wildman–Crippen MR) is 65.3 cm³/mol. The SMILES string of the molecule is CCSc1nc2ccc(-n3cnnc3)cc2o1. The molecule has 0 radical (unpaired) electrons. The molecule has 1 aromatic carbocycles. The fourth-order valence-electron chi connectivity index (χ4n) is 1.57. The first-order valence-electron chi connectivity index (χ1n) is 5.25. The minimum atomic E-state index is 0.711. The van der Waals surface area contributed by atoms with Gasteiger partial charge in [-0.3, -0.25) is 4.57 Å². The lowest BCUT2D eigenvalue weighted by Gasteiger charge is -1.98. The third kappa shape index (κ3) is 1.91. The third-order valence-corrected chi connectivity index (χ3v) is 3.05. The average molecular weight is 246 g/mol. The van der Waals surface area contributed by atoms with Gasteiger partial charge < -0.3 is 4.42 Å². The Bertz CT molecular complexity index is 632. The van der Waals surface area contributed by atoms with Crippen molar-refractivity contribution >= 4 is 22.9 Å². The molecule has 6 heteroatoms. The molecule has 3 aromatic rings. The Balaban J connectivity index is 2.06. The Labute approximate surface area is 102 Å². The van der Waals surface area contributed by atoms with Gasteiger partial charge in [-0.05, 0) is 17.9 Å². The monoisotopic (exact) mass is 246 g/mol. The number of aromatic nitrogens is 4. The van der Waals surface area contributed by atoms with E-state index >= 15 is 0 Å². The van der Waals surface area contributed by atoms with Gasteiger partial charge in [-0.15, -0.1) is 10.2 Å². The first-order chi connectivity index (χ1) is 8.36. The van der Waals surface area contributed by atoms with Crippen LogP contribution in [0.3, 0.4) is 0 Å². The number of fused-ring (bicyclic) bond motifs is 1. The van der Waals surface area contributed by atoms with Crippen molar-refractivity contribution in [3.05, 3.63) is 30.9 Å². The second-order valence-electron chi connectivity index (χ2n) is 3.43. The van der Waals surface area contributed by atoms with Crippen molar-refractivity contribution in [2.24, 2.45) is 0 Å². The number of benzene rings is 1. The van der Waals surface area contributed by atoms with Crippen molar-refractivity contribution in [3.63, 3.8) is 0 Å². The summed E-state index contributed by atoms with van der Waals surface area (Å²) >= 11 is 1.60. The van der Waals surface area contributed by atoms with Crippen molar-refractivity contribution in [2.45, 2.75) is 12.1 Å². The maximum atomic E-state index is 5.64. The summed E-state index contributed by atoms with van der Waals surface area (Å²) in [6.45, 7) is 2.07. The lowest BCUT2D eigenvalue weighted by Crippen LogP contribution is -1.88. The Morgan fingerprint density at radius 1 is 1.29 bits per heavy atom. The molecule has 0 spiro atoms. The zero-order chi connectivity index (χ0) is 11.7. The van der Waals surface area contributed by atoms with Crippen LogP contribution in [0.4, 0.5) is 0 Å². The Kier molecular flexibility index (Phi) is 2.56. The molecule has 2 aromatic heterocycles. The zero-order valence-electron chi connectivity index (χ0n) is 9.20. The predicted octanol–water partition coefficient (Wildman–Crippen LogP) is 2.52.